The average molecular weight is 505 g/mol. The Bertz CT molecular complexity index is 1320. The molecular weight excluding hydrogens is 472 g/mol. The van der Waals surface area contributed by atoms with Gasteiger partial charge in [0.1, 0.15) is 11.5 Å². The monoisotopic (exact) mass is 504 g/mol. The van der Waals surface area contributed by atoms with Crippen molar-refractivity contribution in [2.75, 3.05) is 27.6 Å². The quantitative estimate of drug-likeness (QED) is 0.411. The summed E-state index contributed by atoms with van der Waals surface area (Å²) in [4.78, 5) is 13.2. The number of ether oxygens (including phenoxy) is 5. The van der Waals surface area contributed by atoms with Crippen LogP contribution in [0.15, 0.2) is 54.6 Å². The second-order valence-corrected chi connectivity index (χ2v) is 9.66. The highest BCUT2D eigenvalue weighted by atomic mass is 16.7. The van der Waals surface area contributed by atoms with Crippen LogP contribution in [0.1, 0.15) is 54.0 Å². The van der Waals surface area contributed by atoms with E-state index in [1.807, 2.05) is 61.5 Å². The molecule has 2 aliphatic rings. The maximum absolute atomic E-state index is 13.2. The van der Waals surface area contributed by atoms with Gasteiger partial charge in [-0.15, -0.1) is 0 Å². The van der Waals surface area contributed by atoms with Crippen molar-refractivity contribution in [1.82, 2.24) is 0 Å². The molecule has 37 heavy (non-hydrogen) atoms. The largest absolute Gasteiger partial charge is 0.497 e. The first-order chi connectivity index (χ1) is 17.9. The maximum Gasteiger partial charge on any atom is 0.308 e. The van der Waals surface area contributed by atoms with E-state index in [0.717, 1.165) is 40.0 Å². The minimum Gasteiger partial charge on any atom is -0.497 e. The first-order valence-corrected chi connectivity index (χ1v) is 12.5. The second kappa shape index (κ2) is 9.98. The summed E-state index contributed by atoms with van der Waals surface area (Å²) >= 11 is 0. The lowest BCUT2D eigenvalue weighted by Gasteiger charge is -2.33. The summed E-state index contributed by atoms with van der Waals surface area (Å²) < 4.78 is 28.1. The van der Waals surface area contributed by atoms with Crippen LogP contribution in [-0.2, 0) is 21.6 Å². The third-order valence-corrected chi connectivity index (χ3v) is 7.57. The maximum atomic E-state index is 13.2. The highest BCUT2D eigenvalue weighted by Gasteiger charge is 2.55. The topological polar surface area (TPSA) is 83.5 Å². The Morgan fingerprint density at radius 1 is 1.00 bits per heavy atom. The van der Waals surface area contributed by atoms with Crippen molar-refractivity contribution in [2.24, 2.45) is 5.92 Å². The van der Waals surface area contributed by atoms with Gasteiger partial charge in [-0.3, -0.25) is 4.79 Å². The fourth-order valence-electron chi connectivity index (χ4n) is 5.85. The van der Waals surface area contributed by atoms with E-state index in [-0.39, 0.29) is 6.79 Å². The van der Waals surface area contributed by atoms with Crippen LogP contribution in [-0.4, -0.2) is 38.7 Å². The molecule has 0 saturated heterocycles. The van der Waals surface area contributed by atoms with Gasteiger partial charge in [0, 0.05) is 18.4 Å². The molecule has 5 rings (SSSR count). The molecule has 7 heteroatoms. The molecule has 0 fully saturated rings. The zero-order valence-corrected chi connectivity index (χ0v) is 21.6. The van der Waals surface area contributed by atoms with Crippen molar-refractivity contribution in [3.8, 4) is 23.0 Å². The van der Waals surface area contributed by atoms with Gasteiger partial charge in [0.15, 0.2) is 11.5 Å². The number of aliphatic carboxylic acids is 1. The number of carboxylic acids is 1. The highest BCUT2D eigenvalue weighted by molar-refractivity contribution is 5.80. The molecule has 0 spiro atoms. The van der Waals surface area contributed by atoms with Gasteiger partial charge >= 0.3 is 5.97 Å². The van der Waals surface area contributed by atoms with Crippen molar-refractivity contribution in [3.05, 3.63) is 82.4 Å². The smallest absolute Gasteiger partial charge is 0.308 e. The third-order valence-electron chi connectivity index (χ3n) is 7.57. The molecule has 7 nitrogen and oxygen atoms in total. The molecule has 194 valence electrons. The van der Waals surface area contributed by atoms with Gasteiger partial charge in [0.2, 0.25) is 6.79 Å². The van der Waals surface area contributed by atoms with E-state index in [0.29, 0.717) is 30.5 Å². The van der Waals surface area contributed by atoms with E-state index in [1.165, 1.54) is 0 Å². The van der Waals surface area contributed by atoms with E-state index in [4.69, 9.17) is 23.7 Å². The fourth-order valence-corrected chi connectivity index (χ4v) is 5.85. The van der Waals surface area contributed by atoms with Crippen LogP contribution < -0.4 is 18.9 Å². The van der Waals surface area contributed by atoms with E-state index in [2.05, 4.69) is 6.92 Å². The number of hydrogen-bond donors (Lipinski definition) is 1. The standard InChI is InChI=1S/C30H32O7/c1-5-12-35-21-8-10-24-23(15-21)27(22-9-7-20(34-4)13-18(22)16-33-3)28(29(31)32)30(24,2)19-6-11-25-26(14-19)37-17-36-25/h6-11,13-15,27-28H,5,12,16-17H2,1-4H3,(H,31,32)/t27-,28-,30+/m1/s1. The molecule has 0 amide bonds. The summed E-state index contributed by atoms with van der Waals surface area (Å²) in [6.45, 7) is 5.14. The Balaban J connectivity index is 1.75. The average Bonchev–Trinajstić information content (AvgIpc) is 3.48. The van der Waals surface area contributed by atoms with E-state index >= 15 is 0 Å². The van der Waals surface area contributed by atoms with Gasteiger partial charge < -0.3 is 28.8 Å². The number of benzene rings is 3. The number of hydrogen-bond acceptors (Lipinski definition) is 6. The SMILES string of the molecule is CCCOc1ccc2c(c1)[C@@H](c1ccc(OC)cc1COC)[C@H](C(=O)O)[C@@]2(C)c1ccc2c(c1)OCO2. The van der Waals surface area contributed by atoms with Crippen LogP contribution in [0, 0.1) is 5.92 Å². The van der Waals surface area contributed by atoms with Gasteiger partial charge in [0.05, 0.1) is 26.2 Å². The van der Waals surface area contributed by atoms with Crippen LogP contribution in [0.2, 0.25) is 0 Å². The second-order valence-electron chi connectivity index (χ2n) is 9.66. The predicted octanol–water partition coefficient (Wildman–Crippen LogP) is 5.51. The number of carbonyl (C=O) groups is 1. The van der Waals surface area contributed by atoms with Crippen LogP contribution in [0.5, 0.6) is 23.0 Å². The van der Waals surface area contributed by atoms with Gasteiger partial charge in [-0.05, 0) is 70.6 Å². The molecule has 0 unspecified atom stereocenters. The Kier molecular flexibility index (Phi) is 6.73. The van der Waals surface area contributed by atoms with Crippen LogP contribution in [0.25, 0.3) is 0 Å². The number of carboxylic acid groups (broad SMARTS) is 1. The fraction of sp³-hybridized carbons (Fsp3) is 0.367. The first kappa shape index (κ1) is 25.0. The summed E-state index contributed by atoms with van der Waals surface area (Å²) in [6, 6.07) is 17.4. The molecular formula is C30H32O7. The summed E-state index contributed by atoms with van der Waals surface area (Å²) in [5.74, 6) is 0.593. The summed E-state index contributed by atoms with van der Waals surface area (Å²) in [5.41, 5.74) is 3.68. The van der Waals surface area contributed by atoms with Crippen molar-refractivity contribution in [2.45, 2.75) is 38.2 Å². The summed E-state index contributed by atoms with van der Waals surface area (Å²) in [7, 11) is 3.25. The molecule has 0 radical (unpaired) electrons. The molecule has 1 N–H and O–H groups in total. The summed E-state index contributed by atoms with van der Waals surface area (Å²) in [5, 5.41) is 10.8. The van der Waals surface area contributed by atoms with Crippen LogP contribution >= 0.6 is 0 Å². The predicted molar refractivity (Wildman–Crippen MR) is 138 cm³/mol. The Hall–Kier alpha value is -3.71. The Morgan fingerprint density at radius 2 is 1.78 bits per heavy atom. The van der Waals surface area contributed by atoms with E-state index < -0.39 is 23.2 Å². The minimum absolute atomic E-state index is 0.154. The Labute approximate surface area is 216 Å². The molecule has 0 saturated carbocycles. The van der Waals surface area contributed by atoms with Crippen LogP contribution in [0.4, 0.5) is 0 Å². The minimum atomic E-state index is -0.878. The third kappa shape index (κ3) is 4.17. The molecule has 1 aliphatic heterocycles. The van der Waals surface area contributed by atoms with Crippen molar-refractivity contribution < 1.29 is 33.6 Å². The molecule has 3 atom stereocenters. The molecule has 0 aromatic heterocycles. The van der Waals surface area contributed by atoms with E-state index in [1.54, 1.807) is 14.2 Å². The molecule has 1 heterocycles. The zero-order valence-electron chi connectivity index (χ0n) is 21.6. The first-order valence-electron chi connectivity index (χ1n) is 12.5. The van der Waals surface area contributed by atoms with Gasteiger partial charge in [0.25, 0.3) is 0 Å². The highest BCUT2D eigenvalue weighted by Crippen LogP contribution is 2.58. The number of rotatable bonds is 9. The Morgan fingerprint density at radius 3 is 2.51 bits per heavy atom. The lowest BCUT2D eigenvalue weighted by molar-refractivity contribution is -0.143. The summed E-state index contributed by atoms with van der Waals surface area (Å²) in [6.07, 6.45) is 0.879. The lowest BCUT2D eigenvalue weighted by Crippen LogP contribution is -2.37. The van der Waals surface area contributed by atoms with Crippen molar-refractivity contribution in [1.29, 1.82) is 0 Å². The normalized spacial score (nSPS) is 21.5. The van der Waals surface area contributed by atoms with Gasteiger partial charge in [-0.2, -0.15) is 0 Å². The van der Waals surface area contributed by atoms with Gasteiger partial charge in [-0.25, -0.2) is 0 Å². The molecule has 3 aromatic rings. The zero-order chi connectivity index (χ0) is 26.2. The molecule has 3 aromatic carbocycles. The van der Waals surface area contributed by atoms with Gasteiger partial charge in [-0.1, -0.05) is 32.0 Å². The van der Waals surface area contributed by atoms with Crippen molar-refractivity contribution >= 4 is 5.97 Å². The van der Waals surface area contributed by atoms with Crippen molar-refractivity contribution in [3.63, 3.8) is 0 Å². The lowest BCUT2D eigenvalue weighted by atomic mass is 9.68. The molecule has 1 aliphatic carbocycles. The molecule has 0 bridgehead atoms. The van der Waals surface area contributed by atoms with Crippen LogP contribution in [0.3, 0.4) is 0 Å². The van der Waals surface area contributed by atoms with E-state index in [9.17, 15) is 9.90 Å². The number of methoxy groups -OCH3 is 2. The number of fused-ring (bicyclic) bond motifs is 2.